The largest absolute Gasteiger partial charge is 0.452 e. The highest BCUT2D eigenvalue weighted by Gasteiger charge is 2.30. The topological polar surface area (TPSA) is 84.5 Å². The zero-order chi connectivity index (χ0) is 19.7. The summed E-state index contributed by atoms with van der Waals surface area (Å²) in [7, 11) is 0. The third kappa shape index (κ3) is 7.82. The second-order valence-corrected chi connectivity index (χ2v) is 5.40. The van der Waals surface area contributed by atoms with Crippen LogP contribution in [0.4, 0.5) is 18.0 Å². The molecule has 0 fully saturated rings. The van der Waals surface area contributed by atoms with Crippen molar-refractivity contribution < 1.29 is 32.3 Å². The molecular formula is C17H19F3N2O4. The fourth-order valence-electron chi connectivity index (χ4n) is 1.69. The molecule has 0 aliphatic heterocycles. The average molecular weight is 372 g/mol. The number of urea groups is 1. The number of esters is 1. The first-order valence-electron chi connectivity index (χ1n) is 7.74. The smallest absolute Gasteiger partial charge is 0.416 e. The number of hydrogen-bond donors (Lipinski definition) is 2. The van der Waals surface area contributed by atoms with Crippen molar-refractivity contribution in [2.24, 2.45) is 0 Å². The first-order chi connectivity index (χ1) is 12.1. The Morgan fingerprint density at radius 3 is 2.58 bits per heavy atom. The van der Waals surface area contributed by atoms with Gasteiger partial charge in [0.1, 0.15) is 0 Å². The lowest BCUT2D eigenvalue weighted by molar-refractivity contribution is -0.143. The van der Waals surface area contributed by atoms with E-state index < -0.39 is 36.3 Å². The number of hydrogen-bond acceptors (Lipinski definition) is 4. The van der Waals surface area contributed by atoms with Crippen LogP contribution < -0.4 is 10.6 Å². The van der Waals surface area contributed by atoms with Crippen molar-refractivity contribution in [1.29, 1.82) is 0 Å². The van der Waals surface area contributed by atoms with Crippen LogP contribution in [0.3, 0.4) is 0 Å². The van der Waals surface area contributed by atoms with E-state index in [2.05, 4.69) is 10.1 Å². The standard InChI is InChI=1S/C17H19F3N2O4/c1-3-11(2)21-16(25)22-14(23)10-26-15(24)8-7-12-5-4-6-13(9-12)17(18,19)20/h4-9,11H,3,10H2,1-2H3,(H2,21,22,23,25)/b8-7+/t11-/m0/s1. The summed E-state index contributed by atoms with van der Waals surface area (Å²) in [6.45, 7) is 2.91. The van der Waals surface area contributed by atoms with Crippen LogP contribution in [0.15, 0.2) is 30.3 Å². The molecule has 26 heavy (non-hydrogen) atoms. The van der Waals surface area contributed by atoms with E-state index >= 15 is 0 Å². The summed E-state index contributed by atoms with van der Waals surface area (Å²) in [6.07, 6.45) is -1.79. The molecule has 0 radical (unpaired) electrons. The monoisotopic (exact) mass is 372 g/mol. The van der Waals surface area contributed by atoms with Gasteiger partial charge in [-0.1, -0.05) is 19.1 Å². The maximum absolute atomic E-state index is 12.6. The van der Waals surface area contributed by atoms with E-state index in [0.29, 0.717) is 6.42 Å². The molecule has 2 N–H and O–H groups in total. The maximum atomic E-state index is 12.6. The predicted molar refractivity (Wildman–Crippen MR) is 87.9 cm³/mol. The van der Waals surface area contributed by atoms with Gasteiger partial charge in [-0.15, -0.1) is 0 Å². The van der Waals surface area contributed by atoms with Gasteiger partial charge in [-0.3, -0.25) is 10.1 Å². The molecule has 0 aromatic heterocycles. The molecule has 0 bridgehead atoms. The third-order valence-electron chi connectivity index (χ3n) is 3.21. The van der Waals surface area contributed by atoms with Gasteiger partial charge in [-0.25, -0.2) is 9.59 Å². The molecule has 0 aliphatic carbocycles. The Morgan fingerprint density at radius 1 is 1.27 bits per heavy atom. The highest BCUT2D eigenvalue weighted by molar-refractivity contribution is 5.96. The number of ether oxygens (including phenoxy) is 1. The second kappa shape index (κ2) is 9.59. The lowest BCUT2D eigenvalue weighted by Crippen LogP contribution is -2.44. The normalized spacial score (nSPS) is 12.5. The summed E-state index contributed by atoms with van der Waals surface area (Å²) in [5.74, 6) is -1.76. The van der Waals surface area contributed by atoms with Crippen LogP contribution >= 0.6 is 0 Å². The van der Waals surface area contributed by atoms with Gasteiger partial charge in [0.25, 0.3) is 5.91 Å². The highest BCUT2D eigenvalue weighted by atomic mass is 19.4. The molecule has 0 saturated carbocycles. The fourth-order valence-corrected chi connectivity index (χ4v) is 1.69. The van der Waals surface area contributed by atoms with Gasteiger partial charge in [0.05, 0.1) is 5.56 Å². The number of halogens is 3. The highest BCUT2D eigenvalue weighted by Crippen LogP contribution is 2.29. The SMILES string of the molecule is CC[C@H](C)NC(=O)NC(=O)COC(=O)/C=C/c1cccc(C(F)(F)F)c1. The zero-order valence-corrected chi connectivity index (χ0v) is 14.2. The molecule has 1 aromatic rings. The maximum Gasteiger partial charge on any atom is 0.416 e. The van der Waals surface area contributed by atoms with Gasteiger partial charge in [0.2, 0.25) is 0 Å². The van der Waals surface area contributed by atoms with Crippen molar-refractivity contribution in [2.45, 2.75) is 32.5 Å². The Kier molecular flexibility index (Phi) is 7.82. The lowest BCUT2D eigenvalue weighted by atomic mass is 10.1. The number of rotatable bonds is 6. The van der Waals surface area contributed by atoms with Crippen molar-refractivity contribution in [3.05, 3.63) is 41.5 Å². The Bertz CT molecular complexity index is 687. The first kappa shape index (κ1) is 21.2. The van der Waals surface area contributed by atoms with E-state index in [0.717, 1.165) is 24.3 Å². The van der Waals surface area contributed by atoms with Crippen LogP contribution in [0.25, 0.3) is 6.08 Å². The Balaban J connectivity index is 2.48. The van der Waals surface area contributed by atoms with Gasteiger partial charge in [-0.2, -0.15) is 13.2 Å². The minimum absolute atomic E-state index is 0.124. The van der Waals surface area contributed by atoms with E-state index in [-0.39, 0.29) is 11.6 Å². The number of imide groups is 1. The quantitative estimate of drug-likeness (QED) is 0.594. The molecule has 1 atom stereocenters. The van der Waals surface area contributed by atoms with Crippen LogP contribution in [0.1, 0.15) is 31.4 Å². The van der Waals surface area contributed by atoms with Crippen molar-refractivity contribution in [1.82, 2.24) is 10.6 Å². The molecular weight excluding hydrogens is 353 g/mol. The Hall–Kier alpha value is -2.84. The molecule has 0 spiro atoms. The number of carbonyl (C=O) groups is 3. The number of amides is 3. The van der Waals surface area contributed by atoms with Crippen LogP contribution in [-0.4, -0.2) is 30.6 Å². The molecule has 0 saturated heterocycles. The minimum atomic E-state index is -4.49. The van der Waals surface area contributed by atoms with Gasteiger partial charge >= 0.3 is 18.2 Å². The molecule has 0 heterocycles. The molecule has 3 amide bonds. The fraction of sp³-hybridized carbons (Fsp3) is 0.353. The lowest BCUT2D eigenvalue weighted by Gasteiger charge is -2.11. The zero-order valence-electron chi connectivity index (χ0n) is 14.2. The van der Waals surface area contributed by atoms with E-state index in [4.69, 9.17) is 0 Å². The van der Waals surface area contributed by atoms with E-state index in [1.165, 1.54) is 12.1 Å². The van der Waals surface area contributed by atoms with Gasteiger partial charge < -0.3 is 10.1 Å². The molecule has 9 heteroatoms. The number of alkyl halides is 3. The van der Waals surface area contributed by atoms with Crippen molar-refractivity contribution >= 4 is 24.0 Å². The van der Waals surface area contributed by atoms with Crippen LogP contribution in [-0.2, 0) is 20.5 Å². The second-order valence-electron chi connectivity index (χ2n) is 5.40. The Labute approximate surface area is 148 Å². The summed E-state index contributed by atoms with van der Waals surface area (Å²) < 4.78 is 42.4. The van der Waals surface area contributed by atoms with Gasteiger partial charge in [0, 0.05) is 12.1 Å². The number of nitrogens with one attached hydrogen (secondary N) is 2. The summed E-state index contributed by atoms with van der Waals surface area (Å²) in [5, 5.41) is 4.48. The number of benzene rings is 1. The minimum Gasteiger partial charge on any atom is -0.452 e. The molecule has 0 aliphatic rings. The molecule has 6 nitrogen and oxygen atoms in total. The van der Waals surface area contributed by atoms with E-state index in [1.54, 1.807) is 6.92 Å². The van der Waals surface area contributed by atoms with Gasteiger partial charge in [0.15, 0.2) is 6.61 Å². The van der Waals surface area contributed by atoms with Crippen LogP contribution in [0.2, 0.25) is 0 Å². The third-order valence-corrected chi connectivity index (χ3v) is 3.21. The van der Waals surface area contributed by atoms with Crippen LogP contribution in [0.5, 0.6) is 0 Å². The molecule has 0 unspecified atom stereocenters. The van der Waals surface area contributed by atoms with Crippen molar-refractivity contribution in [2.75, 3.05) is 6.61 Å². The summed E-state index contributed by atoms with van der Waals surface area (Å²) >= 11 is 0. The summed E-state index contributed by atoms with van der Waals surface area (Å²) in [6, 6.07) is 3.53. The first-order valence-corrected chi connectivity index (χ1v) is 7.74. The van der Waals surface area contributed by atoms with E-state index in [1.807, 2.05) is 12.2 Å². The van der Waals surface area contributed by atoms with Crippen molar-refractivity contribution in [3.8, 4) is 0 Å². The van der Waals surface area contributed by atoms with Crippen molar-refractivity contribution in [3.63, 3.8) is 0 Å². The van der Waals surface area contributed by atoms with Gasteiger partial charge in [-0.05, 0) is 37.1 Å². The summed E-state index contributed by atoms with van der Waals surface area (Å²) in [4.78, 5) is 34.4. The van der Waals surface area contributed by atoms with E-state index in [9.17, 15) is 27.6 Å². The Morgan fingerprint density at radius 2 is 1.96 bits per heavy atom. The van der Waals surface area contributed by atoms with Crippen LogP contribution in [0, 0.1) is 0 Å². The summed E-state index contributed by atoms with van der Waals surface area (Å²) in [5.41, 5.74) is -0.700. The molecule has 142 valence electrons. The average Bonchev–Trinajstić information content (AvgIpc) is 2.57. The molecule has 1 aromatic carbocycles. The predicted octanol–water partition coefficient (Wildman–Crippen LogP) is 2.89. The molecule has 1 rings (SSSR count). The number of carbonyl (C=O) groups excluding carboxylic acids is 3.